The van der Waals surface area contributed by atoms with Gasteiger partial charge >= 0.3 is 0 Å². The third kappa shape index (κ3) is 1.74. The SMILES string of the molecule is CC(=O)c1c([N+](=O)[O-])ccc(Br)c1N. The van der Waals surface area contributed by atoms with E-state index in [1.54, 1.807) is 0 Å². The van der Waals surface area contributed by atoms with Gasteiger partial charge in [-0.3, -0.25) is 14.9 Å². The molecule has 6 heteroatoms. The lowest BCUT2D eigenvalue weighted by Crippen LogP contribution is -2.05. The first-order chi connectivity index (χ1) is 6.45. The highest BCUT2D eigenvalue weighted by Crippen LogP contribution is 2.31. The first-order valence-corrected chi connectivity index (χ1v) is 4.47. The molecule has 0 saturated heterocycles. The number of rotatable bonds is 2. The molecule has 0 spiro atoms. The quantitative estimate of drug-likeness (QED) is 0.381. The third-order valence-corrected chi connectivity index (χ3v) is 2.41. The van der Waals surface area contributed by atoms with E-state index in [9.17, 15) is 14.9 Å². The van der Waals surface area contributed by atoms with Gasteiger partial charge in [0.25, 0.3) is 5.69 Å². The third-order valence-electron chi connectivity index (χ3n) is 1.72. The summed E-state index contributed by atoms with van der Waals surface area (Å²) in [5.74, 6) is -0.421. The van der Waals surface area contributed by atoms with Gasteiger partial charge in [-0.25, -0.2) is 0 Å². The molecule has 0 bridgehead atoms. The number of hydrogen-bond acceptors (Lipinski definition) is 4. The van der Waals surface area contributed by atoms with Crippen LogP contribution < -0.4 is 5.73 Å². The first kappa shape index (κ1) is 10.6. The molecular formula is C8H7BrN2O3. The highest BCUT2D eigenvalue weighted by Gasteiger charge is 2.21. The second-order valence-electron chi connectivity index (χ2n) is 2.67. The Kier molecular flexibility index (Phi) is 2.85. The van der Waals surface area contributed by atoms with E-state index in [1.807, 2.05) is 0 Å². The maximum atomic E-state index is 11.1. The zero-order chi connectivity index (χ0) is 10.9. The Morgan fingerprint density at radius 1 is 1.57 bits per heavy atom. The second-order valence-corrected chi connectivity index (χ2v) is 3.52. The second kappa shape index (κ2) is 3.75. The van der Waals surface area contributed by atoms with E-state index >= 15 is 0 Å². The van der Waals surface area contributed by atoms with Gasteiger partial charge in [-0.15, -0.1) is 0 Å². The summed E-state index contributed by atoms with van der Waals surface area (Å²) in [7, 11) is 0. The lowest BCUT2D eigenvalue weighted by molar-refractivity contribution is -0.385. The number of carbonyl (C=O) groups is 1. The Morgan fingerprint density at radius 2 is 2.14 bits per heavy atom. The molecular weight excluding hydrogens is 252 g/mol. The Bertz CT molecular complexity index is 417. The molecule has 0 atom stereocenters. The molecule has 0 heterocycles. The van der Waals surface area contributed by atoms with Gasteiger partial charge in [0.05, 0.1) is 10.6 Å². The Hall–Kier alpha value is -1.43. The number of nitro groups is 1. The molecule has 2 N–H and O–H groups in total. The van der Waals surface area contributed by atoms with Crippen LogP contribution in [0.2, 0.25) is 0 Å². The van der Waals surface area contributed by atoms with Crippen molar-refractivity contribution in [2.24, 2.45) is 0 Å². The molecule has 0 radical (unpaired) electrons. The van der Waals surface area contributed by atoms with E-state index in [1.165, 1.54) is 19.1 Å². The monoisotopic (exact) mass is 258 g/mol. The van der Waals surface area contributed by atoms with Crippen molar-refractivity contribution in [3.05, 3.63) is 32.3 Å². The normalized spacial score (nSPS) is 9.86. The maximum absolute atomic E-state index is 11.1. The zero-order valence-electron chi connectivity index (χ0n) is 7.28. The van der Waals surface area contributed by atoms with Gasteiger partial charge in [0.15, 0.2) is 5.78 Å². The van der Waals surface area contributed by atoms with Crippen molar-refractivity contribution in [2.75, 3.05) is 5.73 Å². The number of halogens is 1. The lowest BCUT2D eigenvalue weighted by atomic mass is 10.1. The van der Waals surface area contributed by atoms with E-state index < -0.39 is 10.7 Å². The maximum Gasteiger partial charge on any atom is 0.282 e. The van der Waals surface area contributed by atoms with Crippen LogP contribution in [0, 0.1) is 10.1 Å². The summed E-state index contributed by atoms with van der Waals surface area (Å²) in [6.07, 6.45) is 0. The molecule has 0 aliphatic heterocycles. The van der Waals surface area contributed by atoms with E-state index in [0.29, 0.717) is 4.47 Å². The largest absolute Gasteiger partial charge is 0.397 e. The first-order valence-electron chi connectivity index (χ1n) is 3.68. The predicted molar refractivity (Wildman–Crippen MR) is 55.2 cm³/mol. The predicted octanol–water partition coefficient (Wildman–Crippen LogP) is 2.14. The summed E-state index contributed by atoms with van der Waals surface area (Å²) < 4.78 is 0.480. The number of Topliss-reactive ketones (excluding diaryl/α,β-unsaturated/α-hetero) is 1. The number of hydrogen-bond donors (Lipinski definition) is 1. The fourth-order valence-corrected chi connectivity index (χ4v) is 1.44. The van der Waals surface area contributed by atoms with Crippen LogP contribution in [0.15, 0.2) is 16.6 Å². The summed E-state index contributed by atoms with van der Waals surface area (Å²) in [6, 6.07) is 2.69. The molecule has 0 amide bonds. The van der Waals surface area contributed by atoms with Crippen LogP contribution in [-0.4, -0.2) is 10.7 Å². The lowest BCUT2D eigenvalue weighted by Gasteiger charge is -2.04. The zero-order valence-corrected chi connectivity index (χ0v) is 8.87. The standard InChI is InChI=1S/C8H7BrN2O3/c1-4(12)7-6(11(13)14)3-2-5(9)8(7)10/h2-3H,10H2,1H3. The van der Waals surface area contributed by atoms with Gasteiger partial charge in [-0.2, -0.15) is 0 Å². The molecule has 1 aromatic rings. The molecule has 0 aliphatic carbocycles. The molecule has 0 unspecified atom stereocenters. The summed E-state index contributed by atoms with van der Waals surface area (Å²) >= 11 is 3.10. The molecule has 1 aromatic carbocycles. The Morgan fingerprint density at radius 3 is 2.57 bits per heavy atom. The van der Waals surface area contributed by atoms with Gasteiger partial charge in [-0.05, 0) is 28.9 Å². The van der Waals surface area contributed by atoms with Gasteiger partial charge in [0, 0.05) is 10.5 Å². The van der Waals surface area contributed by atoms with E-state index in [2.05, 4.69) is 15.9 Å². The van der Waals surface area contributed by atoms with Gasteiger partial charge in [0.2, 0.25) is 0 Å². The summed E-state index contributed by atoms with van der Waals surface area (Å²) in [4.78, 5) is 21.1. The average Bonchev–Trinajstić information content (AvgIpc) is 2.08. The molecule has 0 aromatic heterocycles. The van der Waals surface area contributed by atoms with Crippen LogP contribution in [0.3, 0.4) is 0 Å². The fourth-order valence-electron chi connectivity index (χ4n) is 1.10. The average molecular weight is 259 g/mol. The molecule has 1 rings (SSSR count). The van der Waals surface area contributed by atoms with Crippen LogP contribution in [-0.2, 0) is 0 Å². The van der Waals surface area contributed by atoms with Crippen molar-refractivity contribution in [1.82, 2.24) is 0 Å². The van der Waals surface area contributed by atoms with Crippen molar-refractivity contribution >= 4 is 33.1 Å². The van der Waals surface area contributed by atoms with Gasteiger partial charge < -0.3 is 5.73 Å². The number of nitrogens with zero attached hydrogens (tertiary/aromatic N) is 1. The van der Waals surface area contributed by atoms with Crippen molar-refractivity contribution in [1.29, 1.82) is 0 Å². The van der Waals surface area contributed by atoms with Crippen molar-refractivity contribution < 1.29 is 9.72 Å². The number of carbonyl (C=O) groups excluding carboxylic acids is 1. The highest BCUT2D eigenvalue weighted by atomic mass is 79.9. The van der Waals surface area contributed by atoms with Crippen LogP contribution >= 0.6 is 15.9 Å². The van der Waals surface area contributed by atoms with E-state index in [4.69, 9.17) is 5.73 Å². The number of ketones is 1. The van der Waals surface area contributed by atoms with E-state index in [-0.39, 0.29) is 16.9 Å². The minimum atomic E-state index is -0.625. The fraction of sp³-hybridized carbons (Fsp3) is 0.125. The van der Waals surface area contributed by atoms with Crippen LogP contribution in [0.1, 0.15) is 17.3 Å². The van der Waals surface area contributed by atoms with Gasteiger partial charge in [-0.1, -0.05) is 0 Å². The summed E-state index contributed by atoms with van der Waals surface area (Å²) in [5, 5.41) is 10.6. The van der Waals surface area contributed by atoms with Crippen LogP contribution in [0.25, 0.3) is 0 Å². The number of nitrogens with two attached hydrogens (primary N) is 1. The Labute approximate surface area is 88.2 Å². The molecule has 5 nitrogen and oxygen atoms in total. The highest BCUT2D eigenvalue weighted by molar-refractivity contribution is 9.10. The van der Waals surface area contributed by atoms with Crippen LogP contribution in [0.4, 0.5) is 11.4 Å². The summed E-state index contributed by atoms with van der Waals surface area (Å²) in [6.45, 7) is 1.24. The minimum Gasteiger partial charge on any atom is -0.397 e. The van der Waals surface area contributed by atoms with Crippen molar-refractivity contribution in [3.63, 3.8) is 0 Å². The summed E-state index contributed by atoms with van der Waals surface area (Å²) in [5.41, 5.74) is 5.34. The topological polar surface area (TPSA) is 86.2 Å². The molecule has 0 saturated carbocycles. The smallest absolute Gasteiger partial charge is 0.282 e. The molecule has 14 heavy (non-hydrogen) atoms. The molecule has 0 aliphatic rings. The van der Waals surface area contributed by atoms with Crippen molar-refractivity contribution in [2.45, 2.75) is 6.92 Å². The van der Waals surface area contributed by atoms with Crippen LogP contribution in [0.5, 0.6) is 0 Å². The van der Waals surface area contributed by atoms with Crippen molar-refractivity contribution in [3.8, 4) is 0 Å². The van der Waals surface area contributed by atoms with E-state index in [0.717, 1.165) is 0 Å². The number of benzene rings is 1. The molecule has 74 valence electrons. The Balaban J connectivity index is 3.53. The molecule has 0 fully saturated rings. The van der Waals surface area contributed by atoms with Gasteiger partial charge in [0.1, 0.15) is 5.56 Å². The number of anilines is 1. The minimum absolute atomic E-state index is 0.0515. The number of nitro benzene ring substituents is 1. The number of nitrogen functional groups attached to an aromatic ring is 1.